The van der Waals surface area contributed by atoms with E-state index in [4.69, 9.17) is 11.5 Å². The van der Waals surface area contributed by atoms with Crippen LogP contribution in [0.2, 0.25) is 0 Å². The number of hydrogen-bond donors (Lipinski definition) is 4. The lowest BCUT2D eigenvalue weighted by molar-refractivity contribution is 0.0691. The molecule has 1 spiro atoms. The highest BCUT2D eigenvalue weighted by atomic mass is 16.4. The van der Waals surface area contributed by atoms with Gasteiger partial charge in [-0.15, -0.1) is 0 Å². The third kappa shape index (κ3) is 2.41. The molecule has 0 atom stereocenters. The lowest BCUT2D eigenvalue weighted by Gasteiger charge is -2.45. The van der Waals surface area contributed by atoms with Crippen molar-refractivity contribution >= 4 is 34.5 Å². The van der Waals surface area contributed by atoms with E-state index in [-0.39, 0.29) is 11.7 Å². The fraction of sp³-hybridized carbons (Fsp3) is 0.353. The number of rotatable bonds is 2. The van der Waals surface area contributed by atoms with Crippen molar-refractivity contribution in [1.82, 2.24) is 4.98 Å². The molecule has 4 rings (SSSR count). The van der Waals surface area contributed by atoms with E-state index >= 15 is 0 Å². The van der Waals surface area contributed by atoms with Crippen LogP contribution in [0.1, 0.15) is 42.6 Å². The predicted octanol–water partition coefficient (Wildman–Crippen LogP) is 1.98. The van der Waals surface area contributed by atoms with Crippen LogP contribution in [-0.2, 0) is 0 Å². The molecule has 1 aliphatic carbocycles. The van der Waals surface area contributed by atoms with E-state index in [1.165, 1.54) is 0 Å². The lowest BCUT2D eigenvalue weighted by Crippen LogP contribution is -2.58. The molecule has 2 aromatic rings. The van der Waals surface area contributed by atoms with Crippen molar-refractivity contribution in [2.24, 2.45) is 21.5 Å². The Kier molecular flexibility index (Phi) is 3.41. The average Bonchev–Trinajstić information content (AvgIpc) is 3.00. The van der Waals surface area contributed by atoms with Crippen LogP contribution < -0.4 is 16.4 Å². The molecule has 1 fully saturated rings. The molecule has 2 heterocycles. The monoisotopic (exact) mass is 340 g/mol. The number of carbonyl (C=O) groups is 1. The second kappa shape index (κ2) is 5.51. The molecule has 1 aromatic carbocycles. The second-order valence-electron chi connectivity index (χ2n) is 6.55. The van der Waals surface area contributed by atoms with Crippen LogP contribution in [0.5, 0.6) is 0 Å². The van der Waals surface area contributed by atoms with Gasteiger partial charge in [0.2, 0.25) is 11.9 Å². The molecule has 1 aliphatic heterocycles. The molecule has 0 amide bonds. The molecule has 1 aromatic heterocycles. The maximum Gasteiger partial charge on any atom is 0.352 e. The van der Waals surface area contributed by atoms with Gasteiger partial charge in [-0.05, 0) is 43.9 Å². The number of aromatic nitrogens is 1. The number of guanidine groups is 2. The molecule has 8 heteroatoms. The van der Waals surface area contributed by atoms with Gasteiger partial charge in [0.1, 0.15) is 11.4 Å². The number of H-pyrrole nitrogens is 1. The number of nitrogens with one attached hydrogen (secondary N) is 1. The molecule has 0 unspecified atom stereocenters. The summed E-state index contributed by atoms with van der Waals surface area (Å²) in [5.74, 6) is -0.514. The second-order valence-corrected chi connectivity index (χ2v) is 6.55. The molecule has 130 valence electrons. The van der Waals surface area contributed by atoms with Crippen molar-refractivity contribution in [3.63, 3.8) is 0 Å². The number of hydrogen-bond acceptors (Lipinski definition) is 6. The number of benzene rings is 1. The molecular weight excluding hydrogens is 320 g/mol. The van der Waals surface area contributed by atoms with Gasteiger partial charge in [0.05, 0.1) is 5.69 Å². The van der Waals surface area contributed by atoms with Gasteiger partial charge in [-0.2, -0.15) is 4.99 Å². The Bertz CT molecular complexity index is 907. The van der Waals surface area contributed by atoms with E-state index in [9.17, 15) is 9.90 Å². The number of carboxylic acids is 1. The zero-order valence-corrected chi connectivity index (χ0v) is 13.7. The van der Waals surface area contributed by atoms with Crippen LogP contribution >= 0.6 is 0 Å². The molecular formula is C17H20N6O2. The van der Waals surface area contributed by atoms with Crippen molar-refractivity contribution in [2.75, 3.05) is 4.90 Å². The van der Waals surface area contributed by atoms with E-state index in [0.717, 1.165) is 48.7 Å². The highest BCUT2D eigenvalue weighted by molar-refractivity contribution is 6.10. The van der Waals surface area contributed by atoms with Crippen LogP contribution in [-0.4, -0.2) is 33.6 Å². The minimum absolute atomic E-state index is 0.135. The summed E-state index contributed by atoms with van der Waals surface area (Å²) in [5, 5.41) is 10.1. The van der Waals surface area contributed by atoms with Crippen molar-refractivity contribution in [3.05, 3.63) is 30.0 Å². The van der Waals surface area contributed by atoms with Crippen molar-refractivity contribution in [3.8, 4) is 0 Å². The Labute approximate surface area is 144 Å². The highest BCUT2D eigenvalue weighted by Crippen LogP contribution is 2.41. The third-order valence-electron chi connectivity index (χ3n) is 4.96. The van der Waals surface area contributed by atoms with Crippen LogP contribution in [0.4, 0.5) is 5.69 Å². The number of nitrogens with zero attached hydrogens (tertiary/aromatic N) is 3. The van der Waals surface area contributed by atoms with Gasteiger partial charge >= 0.3 is 5.97 Å². The van der Waals surface area contributed by atoms with Crippen molar-refractivity contribution in [2.45, 2.75) is 37.8 Å². The first-order chi connectivity index (χ1) is 12.0. The summed E-state index contributed by atoms with van der Waals surface area (Å²) in [6.45, 7) is 0. The Morgan fingerprint density at radius 1 is 1.24 bits per heavy atom. The number of aromatic carboxylic acids is 1. The van der Waals surface area contributed by atoms with Crippen molar-refractivity contribution < 1.29 is 9.90 Å². The van der Waals surface area contributed by atoms with Crippen LogP contribution in [0, 0.1) is 0 Å². The normalized spacial score (nSPS) is 19.8. The van der Waals surface area contributed by atoms with Gasteiger partial charge in [-0.1, -0.05) is 12.5 Å². The Morgan fingerprint density at radius 3 is 2.72 bits per heavy atom. The SMILES string of the molecule is NC1=NC2(CCCCC2)N(c2cccc3[nH]c(C(=O)O)cc23)C(N)=N1. The first-order valence-electron chi connectivity index (χ1n) is 8.35. The van der Waals surface area contributed by atoms with Gasteiger partial charge in [0, 0.05) is 10.9 Å². The fourth-order valence-electron chi connectivity index (χ4n) is 3.92. The summed E-state index contributed by atoms with van der Waals surface area (Å²) in [5.41, 5.74) is 13.3. The van der Waals surface area contributed by atoms with E-state index in [1.54, 1.807) is 6.07 Å². The molecule has 0 radical (unpaired) electrons. The molecule has 8 nitrogen and oxygen atoms in total. The van der Waals surface area contributed by atoms with Gasteiger partial charge in [-0.25, -0.2) is 9.79 Å². The molecule has 0 saturated heterocycles. The van der Waals surface area contributed by atoms with E-state index < -0.39 is 11.6 Å². The maximum atomic E-state index is 11.3. The number of fused-ring (bicyclic) bond motifs is 1. The van der Waals surface area contributed by atoms with E-state index in [1.807, 2.05) is 23.1 Å². The van der Waals surface area contributed by atoms with Gasteiger partial charge in [0.15, 0.2) is 0 Å². The number of anilines is 1. The van der Waals surface area contributed by atoms with Crippen LogP contribution in [0.15, 0.2) is 34.3 Å². The number of aromatic amines is 1. The van der Waals surface area contributed by atoms with Crippen LogP contribution in [0.3, 0.4) is 0 Å². The topological polar surface area (TPSA) is 133 Å². The lowest BCUT2D eigenvalue weighted by atomic mass is 9.87. The molecule has 2 aliphatic rings. The predicted molar refractivity (Wildman–Crippen MR) is 96.8 cm³/mol. The van der Waals surface area contributed by atoms with E-state index in [2.05, 4.69) is 15.0 Å². The Hall–Kier alpha value is -3.03. The quantitative estimate of drug-likeness (QED) is 0.663. The van der Waals surface area contributed by atoms with Gasteiger partial charge in [0.25, 0.3) is 0 Å². The molecule has 0 bridgehead atoms. The summed E-state index contributed by atoms with van der Waals surface area (Å²) in [4.78, 5) is 25.0. The number of aliphatic imine (C=N–C) groups is 2. The summed E-state index contributed by atoms with van der Waals surface area (Å²) in [7, 11) is 0. The molecule has 6 N–H and O–H groups in total. The largest absolute Gasteiger partial charge is 0.477 e. The Balaban J connectivity index is 1.91. The highest BCUT2D eigenvalue weighted by Gasteiger charge is 2.43. The first-order valence-corrected chi connectivity index (χ1v) is 8.35. The van der Waals surface area contributed by atoms with Gasteiger partial charge in [-0.3, -0.25) is 4.90 Å². The first kappa shape index (κ1) is 15.5. The summed E-state index contributed by atoms with van der Waals surface area (Å²) >= 11 is 0. The van der Waals surface area contributed by atoms with Crippen LogP contribution in [0.25, 0.3) is 10.9 Å². The third-order valence-corrected chi connectivity index (χ3v) is 4.96. The number of nitrogens with two attached hydrogens (primary N) is 2. The smallest absolute Gasteiger partial charge is 0.352 e. The minimum Gasteiger partial charge on any atom is -0.477 e. The average molecular weight is 340 g/mol. The maximum absolute atomic E-state index is 11.3. The standard InChI is InChI=1S/C17H20N6O2/c18-15-21-16(19)23(17(22-15)7-2-1-3-8-17)13-6-4-5-11-10(13)9-12(20-11)14(24)25/h4-6,9,20H,1-3,7-8H2,(H,24,25)(H4,18,19,21,22). The number of carboxylic acid groups (broad SMARTS) is 1. The minimum atomic E-state index is -1.00. The van der Waals surface area contributed by atoms with Crippen molar-refractivity contribution in [1.29, 1.82) is 0 Å². The molecule has 25 heavy (non-hydrogen) atoms. The zero-order chi connectivity index (χ0) is 17.6. The summed E-state index contributed by atoms with van der Waals surface area (Å²) in [6, 6.07) is 7.25. The summed E-state index contributed by atoms with van der Waals surface area (Å²) < 4.78 is 0. The van der Waals surface area contributed by atoms with E-state index in [0.29, 0.717) is 5.96 Å². The fourth-order valence-corrected chi connectivity index (χ4v) is 3.92. The Morgan fingerprint density at radius 2 is 2.00 bits per heavy atom. The summed E-state index contributed by atoms with van der Waals surface area (Å²) in [6.07, 6.45) is 4.88. The zero-order valence-electron chi connectivity index (χ0n) is 13.7. The molecule has 1 saturated carbocycles. The van der Waals surface area contributed by atoms with Gasteiger partial charge < -0.3 is 21.6 Å².